The van der Waals surface area contributed by atoms with Gasteiger partial charge in [0.05, 0.1) is 19.4 Å². The minimum Gasteiger partial charge on any atom is -0.378 e. The third-order valence-electron chi connectivity index (χ3n) is 6.12. The van der Waals surface area contributed by atoms with Gasteiger partial charge in [0.15, 0.2) is 0 Å². The van der Waals surface area contributed by atoms with Crippen LogP contribution in [0.4, 0.5) is 5.69 Å². The Balaban J connectivity index is 1.45. The van der Waals surface area contributed by atoms with Gasteiger partial charge in [0, 0.05) is 60.1 Å². The third kappa shape index (κ3) is 5.28. The lowest BCUT2D eigenvalue weighted by atomic mass is 10.2. The zero-order valence-electron chi connectivity index (χ0n) is 19.7. The van der Waals surface area contributed by atoms with Crippen LogP contribution in [0.1, 0.15) is 29.8 Å². The number of hydrazone groups is 1. The summed E-state index contributed by atoms with van der Waals surface area (Å²) in [6.45, 7) is 8.68. The number of hydrogen-bond acceptors (Lipinski definition) is 5. The van der Waals surface area contributed by atoms with Crippen LogP contribution in [-0.4, -0.2) is 66.9 Å². The molecule has 178 valence electrons. The Labute approximate surface area is 199 Å². The van der Waals surface area contributed by atoms with Crippen LogP contribution in [0.15, 0.2) is 59.8 Å². The lowest BCUT2D eigenvalue weighted by Crippen LogP contribution is -2.42. The summed E-state index contributed by atoms with van der Waals surface area (Å²) in [7, 11) is 0. The Morgan fingerprint density at radius 2 is 1.76 bits per heavy atom. The number of benzene rings is 2. The molecule has 2 aromatic carbocycles. The van der Waals surface area contributed by atoms with E-state index in [0.717, 1.165) is 35.2 Å². The molecule has 4 rings (SSSR count). The molecule has 0 atom stereocenters. The molecule has 2 amide bonds. The molecule has 1 N–H and O–H groups in total. The lowest BCUT2D eigenvalue weighted by molar-refractivity contribution is -0.135. The summed E-state index contributed by atoms with van der Waals surface area (Å²) < 4.78 is 7.27. The van der Waals surface area contributed by atoms with Crippen LogP contribution in [-0.2, 0) is 16.1 Å². The maximum Gasteiger partial charge on any atom is 0.271 e. The summed E-state index contributed by atoms with van der Waals surface area (Å²) in [5.74, 6) is -0.206. The molecule has 1 aromatic heterocycles. The summed E-state index contributed by atoms with van der Waals surface area (Å²) in [5, 5.41) is 5.15. The number of carbonyl (C=O) groups excluding carboxylic acids is 2. The van der Waals surface area contributed by atoms with Crippen LogP contribution < -0.4 is 10.3 Å². The molecule has 1 aliphatic rings. The van der Waals surface area contributed by atoms with E-state index in [4.69, 9.17) is 4.74 Å². The number of nitrogens with zero attached hydrogens (tertiary/aromatic N) is 4. The quantitative estimate of drug-likeness (QED) is 0.413. The summed E-state index contributed by atoms with van der Waals surface area (Å²) in [6, 6.07) is 15.4. The number of fused-ring (bicyclic) bond motifs is 1. The number of para-hydroxylation sites is 1. The van der Waals surface area contributed by atoms with Gasteiger partial charge >= 0.3 is 0 Å². The first-order chi connectivity index (χ1) is 16.6. The normalized spacial score (nSPS) is 14.0. The Morgan fingerprint density at radius 1 is 1.06 bits per heavy atom. The highest BCUT2D eigenvalue weighted by Crippen LogP contribution is 2.20. The second-order valence-corrected chi connectivity index (χ2v) is 8.14. The average Bonchev–Trinajstić information content (AvgIpc) is 3.23. The molecule has 2 heterocycles. The van der Waals surface area contributed by atoms with Crippen LogP contribution in [0.5, 0.6) is 0 Å². The van der Waals surface area contributed by atoms with E-state index < -0.39 is 0 Å². The third-order valence-corrected chi connectivity index (χ3v) is 6.12. The molecule has 0 unspecified atom stereocenters. The van der Waals surface area contributed by atoms with E-state index in [1.165, 1.54) is 0 Å². The fourth-order valence-corrected chi connectivity index (χ4v) is 4.20. The Hall–Kier alpha value is -3.65. The molecule has 3 aromatic rings. The smallest absolute Gasteiger partial charge is 0.271 e. The van der Waals surface area contributed by atoms with Gasteiger partial charge in [0.1, 0.15) is 6.54 Å². The molecule has 0 saturated carbocycles. The van der Waals surface area contributed by atoms with Crippen molar-refractivity contribution in [2.24, 2.45) is 5.10 Å². The van der Waals surface area contributed by atoms with Crippen LogP contribution >= 0.6 is 0 Å². The van der Waals surface area contributed by atoms with Gasteiger partial charge < -0.3 is 19.1 Å². The number of carbonyl (C=O) groups is 2. The van der Waals surface area contributed by atoms with Gasteiger partial charge in [0.2, 0.25) is 5.91 Å². The van der Waals surface area contributed by atoms with Crippen molar-refractivity contribution in [2.45, 2.75) is 20.4 Å². The minimum atomic E-state index is -0.270. The predicted molar refractivity (Wildman–Crippen MR) is 134 cm³/mol. The van der Waals surface area contributed by atoms with Crippen molar-refractivity contribution in [3.05, 3.63) is 65.9 Å². The van der Waals surface area contributed by atoms with Crippen LogP contribution in [0.25, 0.3) is 10.9 Å². The minimum absolute atomic E-state index is 0.0639. The van der Waals surface area contributed by atoms with E-state index in [1.807, 2.05) is 64.2 Å². The maximum atomic E-state index is 12.7. The number of rotatable bonds is 8. The van der Waals surface area contributed by atoms with E-state index in [-0.39, 0.29) is 18.4 Å². The summed E-state index contributed by atoms with van der Waals surface area (Å²) >= 11 is 0. The van der Waals surface area contributed by atoms with Crippen LogP contribution in [0.2, 0.25) is 0 Å². The number of nitrogens with one attached hydrogen (secondary N) is 1. The first kappa shape index (κ1) is 23.5. The Bertz CT molecular complexity index is 1160. The van der Waals surface area contributed by atoms with Crippen molar-refractivity contribution >= 4 is 34.6 Å². The molecule has 8 nitrogen and oxygen atoms in total. The summed E-state index contributed by atoms with van der Waals surface area (Å²) in [4.78, 5) is 29.3. The first-order valence-corrected chi connectivity index (χ1v) is 11.7. The molecule has 1 fully saturated rings. The van der Waals surface area contributed by atoms with Crippen molar-refractivity contribution in [3.8, 4) is 0 Å². The van der Waals surface area contributed by atoms with E-state index >= 15 is 0 Å². The molecule has 0 bridgehead atoms. The number of hydrogen-bond donors (Lipinski definition) is 1. The van der Waals surface area contributed by atoms with Crippen LogP contribution in [0.3, 0.4) is 0 Å². The fraction of sp³-hybridized carbons (Fsp3) is 0.346. The van der Waals surface area contributed by atoms with Gasteiger partial charge in [-0.3, -0.25) is 9.59 Å². The second-order valence-electron chi connectivity index (χ2n) is 8.14. The summed E-state index contributed by atoms with van der Waals surface area (Å²) in [6.07, 6.45) is 3.53. The lowest BCUT2D eigenvalue weighted by Gasteiger charge is -2.27. The molecule has 0 aliphatic carbocycles. The predicted octanol–water partition coefficient (Wildman–Crippen LogP) is 3.11. The van der Waals surface area contributed by atoms with Crippen molar-refractivity contribution in [3.63, 3.8) is 0 Å². The van der Waals surface area contributed by atoms with Crippen molar-refractivity contribution in [2.75, 3.05) is 44.3 Å². The Morgan fingerprint density at radius 3 is 2.47 bits per heavy atom. The highest BCUT2D eigenvalue weighted by molar-refractivity contribution is 6.01. The zero-order chi connectivity index (χ0) is 23.9. The number of morpholine rings is 1. The highest BCUT2D eigenvalue weighted by Gasteiger charge is 2.18. The standard InChI is InChI=1S/C26H31N5O3/c1-3-29(4-2)22-11-9-20(10-12-22)26(33)28-27-17-21-18-31(24-8-6-5-7-23(21)24)19-25(32)30-13-15-34-16-14-30/h5-12,17-18H,3-4,13-16,19H2,1-2H3,(H,28,33)/b27-17+. The highest BCUT2D eigenvalue weighted by atomic mass is 16.5. The van der Waals surface area contributed by atoms with E-state index in [9.17, 15) is 9.59 Å². The van der Waals surface area contributed by atoms with Gasteiger partial charge in [-0.1, -0.05) is 18.2 Å². The number of aromatic nitrogens is 1. The molecule has 1 saturated heterocycles. The van der Waals surface area contributed by atoms with Crippen LogP contribution in [0, 0.1) is 0 Å². The van der Waals surface area contributed by atoms with Crippen molar-refractivity contribution < 1.29 is 14.3 Å². The monoisotopic (exact) mass is 461 g/mol. The van der Waals surface area contributed by atoms with Gasteiger partial charge in [-0.2, -0.15) is 5.10 Å². The fourth-order valence-electron chi connectivity index (χ4n) is 4.20. The number of ether oxygens (including phenoxy) is 1. The second kappa shape index (κ2) is 11.0. The molecule has 0 radical (unpaired) electrons. The number of anilines is 1. The topological polar surface area (TPSA) is 79.2 Å². The van der Waals surface area contributed by atoms with Gasteiger partial charge in [-0.05, 0) is 44.2 Å². The molecule has 34 heavy (non-hydrogen) atoms. The van der Waals surface area contributed by atoms with Gasteiger partial charge in [-0.25, -0.2) is 5.43 Å². The summed E-state index contributed by atoms with van der Waals surface area (Å²) in [5.41, 5.74) is 6.03. The molecule has 1 aliphatic heterocycles. The van der Waals surface area contributed by atoms with Gasteiger partial charge in [-0.15, -0.1) is 0 Å². The van der Waals surface area contributed by atoms with E-state index in [2.05, 4.69) is 29.3 Å². The molecular weight excluding hydrogens is 430 g/mol. The largest absolute Gasteiger partial charge is 0.378 e. The SMILES string of the molecule is CCN(CC)c1ccc(C(=O)N/N=C/c2cn(CC(=O)N3CCOCC3)c3ccccc23)cc1. The Kier molecular flexibility index (Phi) is 7.59. The zero-order valence-corrected chi connectivity index (χ0v) is 19.7. The molecule has 8 heteroatoms. The molecular formula is C26H31N5O3. The first-order valence-electron chi connectivity index (χ1n) is 11.7. The average molecular weight is 462 g/mol. The van der Waals surface area contributed by atoms with Gasteiger partial charge in [0.25, 0.3) is 5.91 Å². The van der Waals surface area contributed by atoms with Crippen molar-refractivity contribution in [1.29, 1.82) is 0 Å². The van der Waals surface area contributed by atoms with Crippen molar-refractivity contribution in [1.82, 2.24) is 14.9 Å². The van der Waals surface area contributed by atoms with E-state index in [0.29, 0.717) is 31.9 Å². The maximum absolute atomic E-state index is 12.7. The number of amides is 2. The van der Waals surface area contributed by atoms with E-state index in [1.54, 1.807) is 6.21 Å². The molecule has 0 spiro atoms.